The lowest BCUT2D eigenvalue weighted by Crippen LogP contribution is -2.37. The van der Waals surface area contributed by atoms with Crippen LogP contribution in [0.1, 0.15) is 22.2 Å². The maximum absolute atomic E-state index is 12.3. The summed E-state index contributed by atoms with van der Waals surface area (Å²) in [6, 6.07) is 1.66. The maximum atomic E-state index is 12.3. The van der Waals surface area contributed by atoms with Gasteiger partial charge in [0.15, 0.2) is 6.73 Å². The number of morpholine rings is 1. The zero-order chi connectivity index (χ0) is 17.8. The third-order valence-electron chi connectivity index (χ3n) is 3.94. The fourth-order valence-corrected chi connectivity index (χ4v) is 3.64. The molecule has 0 aliphatic carbocycles. The summed E-state index contributed by atoms with van der Waals surface area (Å²) in [4.78, 5) is 32.4. The summed E-state index contributed by atoms with van der Waals surface area (Å²) in [5, 5.41) is 13.5. The molecule has 0 aromatic carbocycles. The topological polar surface area (TPSA) is 93.4 Å². The van der Waals surface area contributed by atoms with Crippen LogP contribution in [0.5, 0.6) is 0 Å². The van der Waals surface area contributed by atoms with Crippen molar-refractivity contribution in [3.8, 4) is 0 Å². The number of nitrogens with zero attached hydrogens (tertiary/aromatic N) is 3. The number of oxime groups is 1. The van der Waals surface area contributed by atoms with E-state index in [2.05, 4.69) is 10.1 Å². The van der Waals surface area contributed by atoms with E-state index in [-0.39, 0.29) is 5.56 Å². The highest BCUT2D eigenvalue weighted by Crippen LogP contribution is 2.23. The van der Waals surface area contributed by atoms with Crippen molar-refractivity contribution in [3.05, 3.63) is 32.9 Å². The molecule has 0 unspecified atom stereocenters. The molecule has 1 fully saturated rings. The van der Waals surface area contributed by atoms with Crippen molar-refractivity contribution in [2.75, 3.05) is 33.0 Å². The predicted molar refractivity (Wildman–Crippen MR) is 94.7 cm³/mol. The maximum Gasteiger partial charge on any atom is 0.341 e. The van der Waals surface area contributed by atoms with E-state index < -0.39 is 11.4 Å². The monoisotopic (exact) mass is 365 g/mol. The number of carboxylic acid groups (broad SMARTS) is 1. The van der Waals surface area contributed by atoms with Crippen LogP contribution in [0.25, 0.3) is 10.2 Å². The minimum atomic E-state index is -1.22. The number of hydrogen-bond acceptors (Lipinski definition) is 7. The van der Waals surface area contributed by atoms with Gasteiger partial charge in [-0.2, -0.15) is 0 Å². The molecule has 1 saturated heterocycles. The molecule has 2 aromatic rings. The first-order valence-electron chi connectivity index (χ1n) is 7.96. The second kappa shape index (κ2) is 7.77. The van der Waals surface area contributed by atoms with Crippen LogP contribution in [-0.2, 0) is 16.1 Å². The molecule has 8 nitrogen and oxygen atoms in total. The van der Waals surface area contributed by atoms with Gasteiger partial charge in [-0.25, -0.2) is 4.79 Å². The largest absolute Gasteiger partial charge is 0.477 e. The first kappa shape index (κ1) is 17.6. The van der Waals surface area contributed by atoms with Crippen molar-refractivity contribution in [1.29, 1.82) is 0 Å². The summed E-state index contributed by atoms with van der Waals surface area (Å²) in [5.74, 6) is -1.22. The molecular formula is C16H19N3O5S. The van der Waals surface area contributed by atoms with Crippen molar-refractivity contribution < 1.29 is 19.5 Å². The SMILES string of the molecule is CCn1cc(C(=O)O)c(=O)c2cc(C=NOCN3CCOCC3)sc21. The number of pyridine rings is 1. The number of aromatic carboxylic acids is 1. The molecule has 3 heterocycles. The highest BCUT2D eigenvalue weighted by Gasteiger charge is 2.16. The fraction of sp³-hybridized carbons (Fsp3) is 0.438. The van der Waals surface area contributed by atoms with Gasteiger partial charge in [-0.1, -0.05) is 5.16 Å². The summed E-state index contributed by atoms with van der Waals surface area (Å²) < 4.78 is 7.02. The van der Waals surface area contributed by atoms with Gasteiger partial charge in [0.25, 0.3) is 0 Å². The van der Waals surface area contributed by atoms with Gasteiger partial charge in [0.1, 0.15) is 10.4 Å². The Morgan fingerprint density at radius 1 is 1.48 bits per heavy atom. The van der Waals surface area contributed by atoms with Gasteiger partial charge in [0.2, 0.25) is 5.43 Å². The average Bonchev–Trinajstić information content (AvgIpc) is 3.04. The summed E-state index contributed by atoms with van der Waals surface area (Å²) >= 11 is 1.38. The van der Waals surface area contributed by atoms with Crippen molar-refractivity contribution in [2.45, 2.75) is 13.5 Å². The molecule has 134 valence electrons. The van der Waals surface area contributed by atoms with E-state index in [1.165, 1.54) is 17.5 Å². The standard InChI is InChI=1S/C16H19N3O5S/c1-2-19-9-13(16(21)22)14(20)12-7-11(25-15(12)19)8-17-24-10-18-3-5-23-6-4-18/h7-9H,2-6,10H2,1H3,(H,21,22). The lowest BCUT2D eigenvalue weighted by Gasteiger charge is -2.24. The number of rotatable bonds is 6. The highest BCUT2D eigenvalue weighted by molar-refractivity contribution is 7.20. The van der Waals surface area contributed by atoms with Gasteiger partial charge in [-0.3, -0.25) is 9.69 Å². The summed E-state index contributed by atoms with van der Waals surface area (Å²) in [5.41, 5.74) is -0.698. The van der Waals surface area contributed by atoms with Crippen LogP contribution in [0.2, 0.25) is 0 Å². The van der Waals surface area contributed by atoms with E-state index in [9.17, 15) is 14.7 Å². The third-order valence-corrected chi connectivity index (χ3v) is 5.04. The van der Waals surface area contributed by atoms with E-state index in [1.54, 1.807) is 16.8 Å². The lowest BCUT2D eigenvalue weighted by atomic mass is 10.2. The molecule has 9 heteroatoms. The zero-order valence-electron chi connectivity index (χ0n) is 13.8. The van der Waals surface area contributed by atoms with E-state index in [0.717, 1.165) is 22.8 Å². The van der Waals surface area contributed by atoms with Crippen LogP contribution >= 0.6 is 11.3 Å². The quantitative estimate of drug-likeness (QED) is 0.615. The van der Waals surface area contributed by atoms with Crippen molar-refractivity contribution in [2.24, 2.45) is 5.16 Å². The Balaban J connectivity index is 1.78. The first-order valence-corrected chi connectivity index (χ1v) is 8.77. The predicted octanol–water partition coefficient (Wildman–Crippen LogP) is 1.42. The van der Waals surface area contributed by atoms with Crippen LogP contribution < -0.4 is 5.43 Å². The molecule has 1 aliphatic rings. The molecule has 0 amide bonds. The zero-order valence-corrected chi connectivity index (χ0v) is 14.6. The summed E-state index contributed by atoms with van der Waals surface area (Å²) in [7, 11) is 0. The Bertz CT molecular complexity index is 851. The van der Waals surface area contributed by atoms with Crippen LogP contribution in [-0.4, -0.2) is 59.8 Å². The number of hydrogen-bond donors (Lipinski definition) is 1. The van der Waals surface area contributed by atoms with Gasteiger partial charge in [0.05, 0.1) is 29.7 Å². The number of thiophene rings is 1. The van der Waals surface area contributed by atoms with E-state index in [4.69, 9.17) is 9.57 Å². The molecule has 0 bridgehead atoms. The van der Waals surface area contributed by atoms with E-state index >= 15 is 0 Å². The summed E-state index contributed by atoms with van der Waals surface area (Å²) in [6.45, 7) is 5.86. The van der Waals surface area contributed by atoms with Crippen LogP contribution in [0.15, 0.2) is 22.2 Å². The van der Waals surface area contributed by atoms with Crippen molar-refractivity contribution in [3.63, 3.8) is 0 Å². The smallest absolute Gasteiger partial charge is 0.341 e. The number of carboxylic acids is 1. The molecular weight excluding hydrogens is 346 g/mol. The molecule has 0 radical (unpaired) electrons. The summed E-state index contributed by atoms with van der Waals surface area (Å²) in [6.07, 6.45) is 2.93. The Morgan fingerprint density at radius 3 is 2.92 bits per heavy atom. The van der Waals surface area contributed by atoms with E-state index in [1.807, 2.05) is 6.92 Å². The number of carbonyl (C=O) groups is 1. The Kier molecular flexibility index (Phi) is 5.47. The van der Waals surface area contributed by atoms with Gasteiger partial charge in [-0.05, 0) is 13.0 Å². The molecule has 3 rings (SSSR count). The third kappa shape index (κ3) is 3.89. The highest BCUT2D eigenvalue weighted by atomic mass is 32.1. The van der Waals surface area contributed by atoms with Gasteiger partial charge in [-0.15, -0.1) is 11.3 Å². The molecule has 2 aromatic heterocycles. The van der Waals surface area contributed by atoms with Gasteiger partial charge < -0.3 is 19.2 Å². The van der Waals surface area contributed by atoms with Crippen molar-refractivity contribution >= 4 is 33.7 Å². The minimum absolute atomic E-state index is 0.223. The van der Waals surface area contributed by atoms with Crippen LogP contribution in [0, 0.1) is 0 Å². The normalized spacial score (nSPS) is 15.9. The first-order chi connectivity index (χ1) is 12.1. The Hall–Kier alpha value is -2.23. The number of ether oxygens (including phenoxy) is 1. The molecule has 1 aliphatic heterocycles. The number of fused-ring (bicyclic) bond motifs is 1. The molecule has 0 saturated carbocycles. The van der Waals surface area contributed by atoms with E-state index in [0.29, 0.717) is 31.9 Å². The second-order valence-electron chi connectivity index (χ2n) is 5.55. The fourth-order valence-electron chi connectivity index (χ4n) is 2.58. The van der Waals surface area contributed by atoms with Gasteiger partial charge in [0, 0.05) is 25.8 Å². The molecule has 0 atom stereocenters. The molecule has 1 N–H and O–H groups in total. The number of aromatic nitrogens is 1. The number of aryl methyl sites for hydroxylation is 1. The Labute approximate surface area is 147 Å². The van der Waals surface area contributed by atoms with Gasteiger partial charge >= 0.3 is 5.97 Å². The van der Waals surface area contributed by atoms with Crippen LogP contribution in [0.3, 0.4) is 0 Å². The van der Waals surface area contributed by atoms with Crippen LogP contribution in [0.4, 0.5) is 0 Å². The van der Waals surface area contributed by atoms with Crippen molar-refractivity contribution in [1.82, 2.24) is 9.47 Å². The molecule has 0 spiro atoms. The minimum Gasteiger partial charge on any atom is -0.477 e. The lowest BCUT2D eigenvalue weighted by molar-refractivity contribution is -0.0309. The second-order valence-corrected chi connectivity index (χ2v) is 6.62. The Morgan fingerprint density at radius 2 is 2.24 bits per heavy atom. The average molecular weight is 365 g/mol. The molecule has 25 heavy (non-hydrogen) atoms.